The molecule has 1 fully saturated rings. The van der Waals surface area contributed by atoms with Gasteiger partial charge in [0.05, 0.1) is 6.61 Å². The van der Waals surface area contributed by atoms with Gasteiger partial charge in [0, 0.05) is 31.5 Å². The van der Waals surface area contributed by atoms with Gasteiger partial charge in [0.15, 0.2) is 0 Å². The van der Waals surface area contributed by atoms with Crippen LogP contribution in [0.3, 0.4) is 0 Å². The molecule has 0 bridgehead atoms. The fourth-order valence-electron chi connectivity index (χ4n) is 3.10. The van der Waals surface area contributed by atoms with Crippen molar-refractivity contribution in [1.29, 1.82) is 0 Å². The van der Waals surface area contributed by atoms with E-state index in [9.17, 15) is 14.4 Å². The maximum atomic E-state index is 12.6. The number of alkyl carbamates (subject to hydrolysis) is 1. The molecule has 29 heavy (non-hydrogen) atoms. The average molecular weight is 405 g/mol. The molecule has 8 nitrogen and oxygen atoms in total. The first kappa shape index (κ1) is 22.7. The van der Waals surface area contributed by atoms with Gasteiger partial charge in [-0.25, -0.2) is 4.79 Å². The first-order chi connectivity index (χ1) is 13.6. The predicted molar refractivity (Wildman–Crippen MR) is 110 cm³/mol. The predicted octanol–water partition coefficient (Wildman–Crippen LogP) is 2.71. The minimum atomic E-state index is -0.916. The second kappa shape index (κ2) is 9.73. The first-order valence-electron chi connectivity index (χ1n) is 9.80. The maximum absolute atomic E-state index is 12.6. The molecule has 0 aromatic heterocycles. The van der Waals surface area contributed by atoms with Gasteiger partial charge < -0.3 is 25.0 Å². The van der Waals surface area contributed by atoms with E-state index in [-0.39, 0.29) is 12.5 Å². The first-order valence-corrected chi connectivity index (χ1v) is 9.80. The van der Waals surface area contributed by atoms with Gasteiger partial charge in [0.2, 0.25) is 5.91 Å². The van der Waals surface area contributed by atoms with Crippen molar-refractivity contribution in [1.82, 2.24) is 10.2 Å². The quantitative estimate of drug-likeness (QED) is 0.758. The lowest BCUT2D eigenvalue weighted by molar-refractivity contribution is -0.119. The smallest absolute Gasteiger partial charge is 0.408 e. The van der Waals surface area contributed by atoms with Crippen molar-refractivity contribution >= 4 is 23.6 Å². The Hall–Kier alpha value is -2.61. The Morgan fingerprint density at radius 1 is 1.17 bits per heavy atom. The number of benzene rings is 1. The van der Waals surface area contributed by atoms with Crippen LogP contribution < -0.4 is 10.6 Å². The van der Waals surface area contributed by atoms with Crippen LogP contribution in [0.1, 0.15) is 49.5 Å². The Bertz CT molecular complexity index is 751. The highest BCUT2D eigenvalue weighted by molar-refractivity contribution is 5.99. The van der Waals surface area contributed by atoms with Crippen LogP contribution in [-0.2, 0) is 14.3 Å². The average Bonchev–Trinajstić information content (AvgIpc) is 3.14. The Morgan fingerprint density at radius 2 is 1.83 bits per heavy atom. The molecule has 1 aliphatic rings. The standard InChI is InChI=1S/C21H31N3O5/c1-14-12-15(8-9-16(14)19(26)24-10-6-7-11-24)22-18(25)17(13-28-5)23-20(27)29-21(2,3)4/h8-9,12,17H,6-7,10-11,13H2,1-5H3,(H,22,25)(H,23,27). The van der Waals surface area contributed by atoms with Crippen LogP contribution in [0.2, 0.25) is 0 Å². The number of ether oxygens (including phenoxy) is 2. The SMILES string of the molecule is COCC(NC(=O)OC(C)(C)C)C(=O)Nc1ccc(C(=O)N2CCCC2)c(C)c1. The normalized spacial score (nSPS) is 15.0. The van der Waals surface area contributed by atoms with E-state index < -0.39 is 23.6 Å². The van der Waals surface area contributed by atoms with E-state index in [1.54, 1.807) is 39.0 Å². The van der Waals surface area contributed by atoms with Crippen molar-refractivity contribution in [3.63, 3.8) is 0 Å². The van der Waals surface area contributed by atoms with Crippen LogP contribution in [0.5, 0.6) is 0 Å². The molecule has 8 heteroatoms. The Morgan fingerprint density at radius 3 is 2.38 bits per heavy atom. The van der Waals surface area contributed by atoms with E-state index in [0.717, 1.165) is 31.5 Å². The van der Waals surface area contributed by atoms with Gasteiger partial charge in [-0.05, 0) is 64.3 Å². The number of hydrogen-bond donors (Lipinski definition) is 2. The van der Waals surface area contributed by atoms with Crippen LogP contribution in [0.25, 0.3) is 0 Å². The summed E-state index contributed by atoms with van der Waals surface area (Å²) in [5.41, 5.74) is 1.28. The molecular formula is C21H31N3O5. The van der Waals surface area contributed by atoms with Crippen LogP contribution in [-0.4, -0.2) is 61.3 Å². The lowest BCUT2D eigenvalue weighted by Gasteiger charge is -2.23. The van der Waals surface area contributed by atoms with Gasteiger partial charge >= 0.3 is 6.09 Å². The number of amides is 3. The van der Waals surface area contributed by atoms with Gasteiger partial charge in [0.25, 0.3) is 5.91 Å². The molecule has 160 valence electrons. The number of methoxy groups -OCH3 is 1. The molecule has 1 aliphatic heterocycles. The summed E-state index contributed by atoms with van der Waals surface area (Å²) in [5.74, 6) is -0.419. The topological polar surface area (TPSA) is 97.0 Å². The molecule has 2 N–H and O–H groups in total. The minimum Gasteiger partial charge on any atom is -0.444 e. The van der Waals surface area contributed by atoms with E-state index in [4.69, 9.17) is 9.47 Å². The second-order valence-electron chi connectivity index (χ2n) is 8.17. The second-order valence-corrected chi connectivity index (χ2v) is 8.17. The summed E-state index contributed by atoms with van der Waals surface area (Å²) in [4.78, 5) is 39.0. The van der Waals surface area contributed by atoms with Gasteiger partial charge in [-0.3, -0.25) is 9.59 Å². The van der Waals surface area contributed by atoms with E-state index in [1.165, 1.54) is 7.11 Å². The molecule has 2 rings (SSSR count). The summed E-state index contributed by atoms with van der Waals surface area (Å²) >= 11 is 0. The third-order valence-corrected chi connectivity index (χ3v) is 4.46. The highest BCUT2D eigenvalue weighted by atomic mass is 16.6. The number of rotatable bonds is 6. The molecule has 1 saturated heterocycles. The number of hydrogen-bond acceptors (Lipinski definition) is 5. The zero-order valence-corrected chi connectivity index (χ0v) is 17.8. The third kappa shape index (κ3) is 6.74. The number of carbonyl (C=O) groups excluding carboxylic acids is 3. The summed E-state index contributed by atoms with van der Waals surface area (Å²) < 4.78 is 10.2. The van der Waals surface area contributed by atoms with E-state index in [2.05, 4.69) is 10.6 Å². The molecule has 3 amide bonds. The number of nitrogens with zero attached hydrogens (tertiary/aromatic N) is 1. The summed E-state index contributed by atoms with van der Waals surface area (Å²) in [6.07, 6.45) is 1.37. The number of carbonyl (C=O) groups is 3. The van der Waals surface area contributed by atoms with E-state index >= 15 is 0 Å². The van der Waals surface area contributed by atoms with Gasteiger partial charge in [-0.2, -0.15) is 0 Å². The van der Waals surface area contributed by atoms with Gasteiger partial charge in [0.1, 0.15) is 11.6 Å². The van der Waals surface area contributed by atoms with Crippen LogP contribution in [0.15, 0.2) is 18.2 Å². The van der Waals surface area contributed by atoms with Crippen LogP contribution >= 0.6 is 0 Å². The molecule has 1 aromatic carbocycles. The lowest BCUT2D eigenvalue weighted by atomic mass is 10.1. The highest BCUT2D eigenvalue weighted by Gasteiger charge is 2.25. The molecule has 1 unspecified atom stereocenters. The number of nitrogens with one attached hydrogen (secondary N) is 2. The Balaban J connectivity index is 2.04. The summed E-state index contributed by atoms with van der Waals surface area (Å²) in [6, 6.07) is 4.24. The van der Waals surface area contributed by atoms with Crippen molar-refractivity contribution < 1.29 is 23.9 Å². The number of anilines is 1. The van der Waals surface area contributed by atoms with Gasteiger partial charge in [-0.15, -0.1) is 0 Å². The fraction of sp³-hybridized carbons (Fsp3) is 0.571. The number of likely N-dealkylation sites (tertiary alicyclic amines) is 1. The van der Waals surface area contributed by atoms with E-state index in [0.29, 0.717) is 11.3 Å². The molecule has 0 spiro atoms. The summed E-state index contributed by atoms with van der Waals surface area (Å²) in [6.45, 7) is 8.63. The van der Waals surface area contributed by atoms with Crippen LogP contribution in [0, 0.1) is 6.92 Å². The minimum absolute atomic E-state index is 0.00438. The zero-order valence-electron chi connectivity index (χ0n) is 17.8. The Kier molecular flexibility index (Phi) is 7.61. The van der Waals surface area contributed by atoms with Gasteiger partial charge in [-0.1, -0.05) is 0 Å². The molecule has 1 atom stereocenters. The lowest BCUT2D eigenvalue weighted by Crippen LogP contribution is -2.48. The molecule has 0 aliphatic carbocycles. The van der Waals surface area contributed by atoms with Crippen LogP contribution in [0.4, 0.5) is 10.5 Å². The van der Waals surface area contributed by atoms with Crippen molar-refractivity contribution in [2.45, 2.75) is 52.2 Å². The van der Waals surface area contributed by atoms with Crippen molar-refractivity contribution in [3.8, 4) is 0 Å². The van der Waals surface area contributed by atoms with Crippen molar-refractivity contribution in [2.24, 2.45) is 0 Å². The third-order valence-electron chi connectivity index (χ3n) is 4.46. The van der Waals surface area contributed by atoms with E-state index in [1.807, 2.05) is 11.8 Å². The largest absolute Gasteiger partial charge is 0.444 e. The van der Waals surface area contributed by atoms with Crippen molar-refractivity contribution in [3.05, 3.63) is 29.3 Å². The molecular weight excluding hydrogens is 374 g/mol. The maximum Gasteiger partial charge on any atom is 0.408 e. The molecule has 0 radical (unpaired) electrons. The zero-order chi connectivity index (χ0) is 21.6. The molecule has 1 heterocycles. The Labute approximate surface area is 171 Å². The highest BCUT2D eigenvalue weighted by Crippen LogP contribution is 2.19. The van der Waals surface area contributed by atoms with Crippen molar-refractivity contribution in [2.75, 3.05) is 32.1 Å². The molecule has 0 saturated carbocycles. The summed E-state index contributed by atoms with van der Waals surface area (Å²) in [7, 11) is 1.44. The summed E-state index contributed by atoms with van der Waals surface area (Å²) in [5, 5.41) is 5.27. The monoisotopic (exact) mass is 405 g/mol. The fourth-order valence-corrected chi connectivity index (χ4v) is 3.10. The number of aryl methyl sites for hydroxylation is 1. The molecule has 1 aromatic rings.